The quantitative estimate of drug-likeness (QED) is 0.0676. The normalized spacial score (nSPS) is 11.5. The summed E-state index contributed by atoms with van der Waals surface area (Å²) in [4.78, 5) is 13.2. The van der Waals surface area contributed by atoms with Crippen molar-refractivity contribution in [2.75, 3.05) is 0 Å². The molecule has 1 heterocycles. The molecule has 5 rings (SSSR count). The van der Waals surface area contributed by atoms with E-state index in [0.717, 1.165) is 11.3 Å². The largest absolute Gasteiger partial charge is 0.512 e. The minimum Gasteiger partial charge on any atom is -0.512 e. The first-order chi connectivity index (χ1) is 17.7. The van der Waals surface area contributed by atoms with Crippen molar-refractivity contribution >= 4 is 38.1 Å². The van der Waals surface area contributed by atoms with E-state index in [4.69, 9.17) is 14.9 Å². The SMILES string of the molecule is CC(=[OH+])/C=C(/C)O.CC(C)c1[c-]c(-c2nccc3c2ccc2c4ccccc4ccc32)cc(C(C)C)c1.[Ir]. The van der Waals surface area contributed by atoms with Crippen LogP contribution in [-0.2, 0) is 20.1 Å². The van der Waals surface area contributed by atoms with Gasteiger partial charge in [0.1, 0.15) is 0 Å². The van der Waals surface area contributed by atoms with Crippen LogP contribution in [0, 0.1) is 6.07 Å². The molecule has 197 valence electrons. The zero-order valence-corrected chi connectivity index (χ0v) is 25.2. The van der Waals surface area contributed by atoms with Gasteiger partial charge in [-0.3, -0.25) is 4.79 Å². The van der Waals surface area contributed by atoms with Crippen LogP contribution < -0.4 is 0 Å². The van der Waals surface area contributed by atoms with Crippen molar-refractivity contribution in [2.45, 2.75) is 53.4 Å². The topological polar surface area (TPSA) is 54.5 Å². The summed E-state index contributed by atoms with van der Waals surface area (Å²) < 4.78 is 0. The summed E-state index contributed by atoms with van der Waals surface area (Å²) in [5.74, 6) is 1.16. The number of carbonyl (C=O) groups excluding carboxylic acids is 1. The van der Waals surface area contributed by atoms with Crippen molar-refractivity contribution in [1.82, 2.24) is 4.98 Å². The third-order valence-corrected chi connectivity index (χ3v) is 6.54. The number of hydrogen-bond acceptors (Lipinski definition) is 2. The van der Waals surface area contributed by atoms with Crippen molar-refractivity contribution in [2.24, 2.45) is 0 Å². The molecule has 1 radical (unpaired) electrons. The maximum Gasteiger partial charge on any atom is 0.316 e. The number of fused-ring (bicyclic) bond motifs is 5. The number of aliphatic hydroxyl groups excluding tert-OH is 1. The number of allylic oxidation sites excluding steroid dienone is 2. The molecule has 5 aromatic rings. The molecule has 0 aliphatic rings. The molecule has 0 amide bonds. The van der Waals surface area contributed by atoms with E-state index in [9.17, 15) is 0 Å². The van der Waals surface area contributed by atoms with Crippen LogP contribution in [0.5, 0.6) is 0 Å². The van der Waals surface area contributed by atoms with Crippen molar-refractivity contribution in [1.29, 1.82) is 0 Å². The van der Waals surface area contributed by atoms with Gasteiger partial charge >= 0.3 is 5.78 Å². The first-order valence-electron chi connectivity index (χ1n) is 12.8. The van der Waals surface area contributed by atoms with Crippen LogP contribution in [0.1, 0.15) is 64.5 Å². The minimum atomic E-state index is 0. The summed E-state index contributed by atoms with van der Waals surface area (Å²) in [6.45, 7) is 12.0. The maximum atomic E-state index is 8.40. The molecule has 0 spiro atoms. The van der Waals surface area contributed by atoms with Crippen molar-refractivity contribution in [3.8, 4) is 11.3 Å². The number of benzene rings is 4. The van der Waals surface area contributed by atoms with Gasteiger partial charge in [0.25, 0.3) is 0 Å². The molecule has 0 aliphatic carbocycles. The average Bonchev–Trinajstić information content (AvgIpc) is 2.87. The Labute approximate surface area is 239 Å². The van der Waals surface area contributed by atoms with E-state index in [0.29, 0.717) is 11.8 Å². The third kappa shape index (κ3) is 6.38. The molecule has 0 saturated carbocycles. The van der Waals surface area contributed by atoms with Crippen LogP contribution in [-0.4, -0.2) is 20.7 Å². The Hall–Kier alpha value is -3.33. The zero-order chi connectivity index (χ0) is 26.7. The summed E-state index contributed by atoms with van der Waals surface area (Å²) in [6, 6.07) is 27.9. The zero-order valence-electron chi connectivity index (χ0n) is 22.8. The fraction of sp³-hybridized carbons (Fsp3) is 0.235. The number of hydrogen-bond donors (Lipinski definition) is 1. The van der Waals surface area contributed by atoms with Gasteiger partial charge in [-0.15, -0.1) is 34.9 Å². The van der Waals surface area contributed by atoms with Crippen molar-refractivity contribution < 1.29 is 30.0 Å². The van der Waals surface area contributed by atoms with Gasteiger partial charge in [-0.2, -0.15) is 0 Å². The number of aromatic nitrogens is 1. The van der Waals surface area contributed by atoms with E-state index in [-0.39, 0.29) is 31.6 Å². The van der Waals surface area contributed by atoms with Gasteiger partial charge in [0.15, 0.2) is 0 Å². The first-order valence-corrected chi connectivity index (χ1v) is 12.8. The van der Waals surface area contributed by atoms with Gasteiger partial charge in [-0.1, -0.05) is 76.2 Å². The number of rotatable bonds is 4. The molecule has 3 nitrogen and oxygen atoms in total. The molecule has 4 aromatic carbocycles. The van der Waals surface area contributed by atoms with Gasteiger partial charge < -0.3 is 10.1 Å². The van der Waals surface area contributed by atoms with E-state index in [1.54, 1.807) is 0 Å². The van der Waals surface area contributed by atoms with Gasteiger partial charge in [0.05, 0.1) is 18.8 Å². The first kappa shape index (κ1) is 29.2. The summed E-state index contributed by atoms with van der Waals surface area (Å²) in [7, 11) is 0. The van der Waals surface area contributed by atoms with E-state index >= 15 is 0 Å². The predicted octanol–water partition coefficient (Wildman–Crippen LogP) is 9.27. The van der Waals surface area contributed by atoms with Crippen LogP contribution in [0.4, 0.5) is 0 Å². The Morgan fingerprint density at radius 3 is 2.08 bits per heavy atom. The molecule has 38 heavy (non-hydrogen) atoms. The van der Waals surface area contributed by atoms with E-state index in [1.807, 2.05) is 6.20 Å². The second-order valence-electron chi connectivity index (χ2n) is 10.2. The molecule has 0 bridgehead atoms. The summed E-state index contributed by atoms with van der Waals surface area (Å²) >= 11 is 0. The second kappa shape index (κ2) is 12.5. The van der Waals surface area contributed by atoms with Crippen LogP contribution in [0.25, 0.3) is 43.6 Å². The van der Waals surface area contributed by atoms with Gasteiger partial charge in [-0.05, 0) is 62.8 Å². The summed E-state index contributed by atoms with van der Waals surface area (Å²) in [6.07, 6.45) is 3.22. The maximum absolute atomic E-state index is 8.40. The summed E-state index contributed by atoms with van der Waals surface area (Å²) in [5.41, 5.74) is 4.71. The summed E-state index contributed by atoms with van der Waals surface area (Å²) in [5, 5.41) is 16.0. The van der Waals surface area contributed by atoms with Crippen LogP contribution in [0.3, 0.4) is 0 Å². The average molecular weight is 682 g/mol. The molecular formula is C34H35IrNO2. The monoisotopic (exact) mass is 682 g/mol. The smallest absolute Gasteiger partial charge is 0.316 e. The number of aliphatic hydroxyl groups is 1. The molecule has 0 unspecified atom stereocenters. The van der Waals surface area contributed by atoms with E-state index in [2.05, 4.69) is 100 Å². The molecule has 0 aliphatic heterocycles. The minimum absolute atomic E-state index is 0. The molecule has 0 atom stereocenters. The second-order valence-corrected chi connectivity index (χ2v) is 10.2. The van der Waals surface area contributed by atoms with Gasteiger partial charge in [-0.25, -0.2) is 0 Å². The number of pyridine rings is 1. The van der Waals surface area contributed by atoms with Gasteiger partial charge in [0.2, 0.25) is 0 Å². The van der Waals surface area contributed by atoms with Crippen LogP contribution in [0.15, 0.2) is 84.8 Å². The molecule has 0 fully saturated rings. The molecule has 0 saturated heterocycles. The molecular weight excluding hydrogens is 647 g/mol. The number of nitrogens with zero attached hydrogens (tertiary/aromatic N) is 1. The molecule has 1 aromatic heterocycles. The van der Waals surface area contributed by atoms with Crippen molar-refractivity contribution in [3.63, 3.8) is 0 Å². The van der Waals surface area contributed by atoms with E-state index in [1.165, 1.54) is 63.4 Å². The van der Waals surface area contributed by atoms with Crippen LogP contribution >= 0.6 is 0 Å². The third-order valence-electron chi connectivity index (χ3n) is 6.54. The van der Waals surface area contributed by atoms with Crippen molar-refractivity contribution in [3.05, 3.63) is 102 Å². The van der Waals surface area contributed by atoms with Gasteiger partial charge in [0, 0.05) is 26.3 Å². The Morgan fingerprint density at radius 1 is 0.816 bits per heavy atom. The molecule has 2 N–H and O–H groups in total. The van der Waals surface area contributed by atoms with Crippen LogP contribution in [0.2, 0.25) is 0 Å². The fourth-order valence-electron chi connectivity index (χ4n) is 4.66. The van der Waals surface area contributed by atoms with E-state index < -0.39 is 0 Å². The Bertz CT molecular complexity index is 1600. The predicted molar refractivity (Wildman–Crippen MR) is 158 cm³/mol. The Kier molecular flexibility index (Phi) is 9.60. The standard InChI is InChI=1S/C29H26N.C5H8O2.Ir/c1-18(2)21-15-22(19(3)4)17-23(16-21)29-28-12-11-25-24-8-6-5-7-20(24)9-10-26(25)27(28)13-14-30-29;1-4(6)3-5(2)7;/h5-16,18-19H,1-4H3;3,6H,1-2H3;/q-1;;/p+1/b;4-3-;. The fourth-order valence-corrected chi connectivity index (χ4v) is 4.66. The Morgan fingerprint density at radius 2 is 1.45 bits per heavy atom. The number of ketones is 1. The Balaban J connectivity index is 0.000000444. The molecule has 4 heteroatoms.